The zero-order valence-corrected chi connectivity index (χ0v) is 17.2. The molecule has 6 nitrogen and oxygen atoms in total. The summed E-state index contributed by atoms with van der Waals surface area (Å²) in [6, 6.07) is 24.9. The number of rotatable bonds is 5. The second kappa shape index (κ2) is 8.41. The number of hydrogen-bond acceptors (Lipinski definition) is 5. The van der Waals surface area contributed by atoms with Gasteiger partial charge >= 0.3 is 6.03 Å². The summed E-state index contributed by atoms with van der Waals surface area (Å²) in [5.74, 6) is 1.07. The normalized spacial score (nSPS) is 10.8. The molecule has 2 aromatic heterocycles. The number of benzene rings is 3. The number of fused-ring (bicyclic) bond motifs is 1. The van der Waals surface area contributed by atoms with Gasteiger partial charge in [-0.3, -0.25) is 0 Å². The Kier molecular flexibility index (Phi) is 5.16. The molecule has 7 heteroatoms. The minimum atomic E-state index is -0.311. The van der Waals surface area contributed by atoms with Crippen LogP contribution in [-0.2, 0) is 6.42 Å². The van der Waals surface area contributed by atoms with Crippen LogP contribution >= 0.6 is 11.3 Å². The maximum Gasteiger partial charge on any atom is 0.323 e. The first kappa shape index (κ1) is 19.0. The van der Waals surface area contributed by atoms with Gasteiger partial charge in [-0.25, -0.2) is 4.79 Å². The van der Waals surface area contributed by atoms with Crippen LogP contribution in [0.1, 0.15) is 11.5 Å². The largest absolute Gasteiger partial charge is 0.339 e. The van der Waals surface area contributed by atoms with E-state index in [1.807, 2.05) is 84.2 Å². The molecule has 0 atom stereocenters. The topological polar surface area (TPSA) is 80.1 Å². The molecule has 2 N–H and O–H groups in total. The Labute approximate surface area is 182 Å². The van der Waals surface area contributed by atoms with Crippen LogP contribution in [-0.4, -0.2) is 16.2 Å². The van der Waals surface area contributed by atoms with Crippen molar-refractivity contribution in [3.63, 3.8) is 0 Å². The van der Waals surface area contributed by atoms with Crippen molar-refractivity contribution in [3.05, 3.63) is 95.7 Å². The molecule has 0 fully saturated rings. The fraction of sp³-hybridized carbons (Fsp3) is 0.0417. The summed E-state index contributed by atoms with van der Waals surface area (Å²) in [5, 5.41) is 14.0. The van der Waals surface area contributed by atoms with Gasteiger partial charge < -0.3 is 15.2 Å². The van der Waals surface area contributed by atoms with Gasteiger partial charge in [0, 0.05) is 11.1 Å². The van der Waals surface area contributed by atoms with Crippen molar-refractivity contribution >= 4 is 39.5 Å². The van der Waals surface area contributed by atoms with E-state index >= 15 is 0 Å². The number of carbonyl (C=O) groups is 1. The van der Waals surface area contributed by atoms with Crippen LogP contribution in [0.4, 0.5) is 16.2 Å². The summed E-state index contributed by atoms with van der Waals surface area (Å²) in [6.45, 7) is 0. The molecule has 0 saturated carbocycles. The summed E-state index contributed by atoms with van der Waals surface area (Å²) in [4.78, 5) is 18.1. The van der Waals surface area contributed by atoms with Gasteiger partial charge in [0.25, 0.3) is 0 Å². The lowest BCUT2D eigenvalue weighted by Crippen LogP contribution is -2.20. The van der Waals surface area contributed by atoms with Gasteiger partial charge in [0.05, 0.1) is 17.0 Å². The molecule has 0 spiro atoms. The Morgan fingerprint density at radius 3 is 2.55 bits per heavy atom. The molecule has 2 heterocycles. The third-order valence-electron chi connectivity index (χ3n) is 4.85. The van der Waals surface area contributed by atoms with Crippen molar-refractivity contribution in [3.8, 4) is 10.7 Å². The molecule has 152 valence electrons. The number of carbonyl (C=O) groups excluding carboxylic acids is 1. The lowest BCUT2D eigenvalue weighted by atomic mass is 10.1. The zero-order chi connectivity index (χ0) is 21.0. The average Bonchev–Trinajstić information content (AvgIpc) is 3.47. The number of aromatic nitrogens is 2. The maximum atomic E-state index is 12.7. The smallest absolute Gasteiger partial charge is 0.323 e. The number of thiophene rings is 1. The Hall–Kier alpha value is -3.97. The molecule has 0 aliphatic carbocycles. The quantitative estimate of drug-likeness (QED) is 0.351. The van der Waals surface area contributed by atoms with E-state index in [0.717, 1.165) is 26.9 Å². The molecular weight excluding hydrogens is 408 g/mol. The van der Waals surface area contributed by atoms with Crippen LogP contribution in [0.5, 0.6) is 0 Å². The molecular formula is C24H18N4O2S. The van der Waals surface area contributed by atoms with Crippen LogP contribution in [0.2, 0.25) is 0 Å². The summed E-state index contributed by atoms with van der Waals surface area (Å²) in [5.41, 5.74) is 2.33. The van der Waals surface area contributed by atoms with Crippen molar-refractivity contribution < 1.29 is 9.32 Å². The highest BCUT2D eigenvalue weighted by Crippen LogP contribution is 2.25. The van der Waals surface area contributed by atoms with Gasteiger partial charge in [-0.2, -0.15) is 4.98 Å². The number of nitrogens with zero attached hydrogens (tertiary/aromatic N) is 2. The molecule has 3 aromatic carbocycles. The molecule has 5 rings (SSSR count). The van der Waals surface area contributed by atoms with Crippen LogP contribution in [0.3, 0.4) is 0 Å². The fourth-order valence-corrected chi connectivity index (χ4v) is 4.05. The summed E-state index contributed by atoms with van der Waals surface area (Å²) in [7, 11) is 0. The minimum absolute atomic E-state index is 0.311. The molecule has 0 unspecified atom stereocenters. The first-order valence-electron chi connectivity index (χ1n) is 9.76. The van der Waals surface area contributed by atoms with Gasteiger partial charge in [-0.1, -0.05) is 65.8 Å². The average molecular weight is 427 g/mol. The number of hydrogen-bond donors (Lipinski definition) is 2. The van der Waals surface area contributed by atoms with Gasteiger partial charge in [0.1, 0.15) is 0 Å². The zero-order valence-electron chi connectivity index (χ0n) is 16.4. The molecule has 0 saturated heterocycles. The van der Waals surface area contributed by atoms with E-state index in [2.05, 4.69) is 20.8 Å². The highest BCUT2D eigenvalue weighted by atomic mass is 32.1. The van der Waals surface area contributed by atoms with Crippen LogP contribution in [0.25, 0.3) is 21.5 Å². The predicted octanol–water partition coefficient (Wildman–Crippen LogP) is 6.19. The number of urea groups is 1. The third kappa shape index (κ3) is 4.17. The minimum Gasteiger partial charge on any atom is -0.339 e. The summed E-state index contributed by atoms with van der Waals surface area (Å²) in [6.07, 6.45) is 0.420. The van der Waals surface area contributed by atoms with Crippen LogP contribution in [0, 0.1) is 0 Å². The second-order valence-corrected chi connectivity index (χ2v) is 7.88. The Morgan fingerprint density at radius 1 is 0.871 bits per heavy atom. The molecule has 0 aliphatic heterocycles. The third-order valence-corrected chi connectivity index (χ3v) is 5.72. The van der Waals surface area contributed by atoms with E-state index in [1.165, 1.54) is 0 Å². The van der Waals surface area contributed by atoms with E-state index in [1.54, 1.807) is 11.3 Å². The van der Waals surface area contributed by atoms with Crippen molar-refractivity contribution in [2.45, 2.75) is 6.42 Å². The van der Waals surface area contributed by atoms with Gasteiger partial charge in [0.15, 0.2) is 0 Å². The van der Waals surface area contributed by atoms with Crippen molar-refractivity contribution in [2.24, 2.45) is 0 Å². The van der Waals surface area contributed by atoms with E-state index in [-0.39, 0.29) is 6.03 Å². The van der Waals surface area contributed by atoms with Gasteiger partial charge in [0.2, 0.25) is 11.7 Å². The highest BCUT2D eigenvalue weighted by molar-refractivity contribution is 7.13. The van der Waals surface area contributed by atoms with Crippen LogP contribution < -0.4 is 10.6 Å². The van der Waals surface area contributed by atoms with Crippen LogP contribution in [0.15, 0.2) is 88.8 Å². The van der Waals surface area contributed by atoms with Crippen molar-refractivity contribution in [1.29, 1.82) is 0 Å². The maximum absolute atomic E-state index is 12.7. The first-order chi connectivity index (χ1) is 15.3. The Morgan fingerprint density at radius 2 is 1.65 bits per heavy atom. The molecule has 0 radical (unpaired) electrons. The lowest BCUT2D eigenvalue weighted by molar-refractivity contribution is 0.262. The SMILES string of the molecule is O=C(Nc1ccccc1Cc1nc(-c2cccs2)no1)Nc1cccc2ccccc12. The second-order valence-electron chi connectivity index (χ2n) is 6.93. The van der Waals surface area contributed by atoms with Crippen molar-refractivity contribution in [1.82, 2.24) is 10.1 Å². The fourth-order valence-electron chi connectivity index (χ4n) is 3.40. The molecule has 31 heavy (non-hydrogen) atoms. The predicted molar refractivity (Wildman–Crippen MR) is 123 cm³/mol. The molecule has 2 amide bonds. The highest BCUT2D eigenvalue weighted by Gasteiger charge is 2.13. The number of para-hydroxylation sites is 1. The van der Waals surface area contributed by atoms with Gasteiger partial charge in [-0.05, 0) is 34.5 Å². The number of anilines is 2. The van der Waals surface area contributed by atoms with E-state index in [4.69, 9.17) is 4.52 Å². The lowest BCUT2D eigenvalue weighted by Gasteiger charge is -2.12. The molecule has 5 aromatic rings. The van der Waals surface area contributed by atoms with E-state index in [0.29, 0.717) is 23.8 Å². The van der Waals surface area contributed by atoms with Crippen molar-refractivity contribution in [2.75, 3.05) is 10.6 Å². The molecule has 0 bridgehead atoms. The Balaban J connectivity index is 1.33. The number of amides is 2. The number of nitrogens with one attached hydrogen (secondary N) is 2. The summed E-state index contributed by atoms with van der Waals surface area (Å²) >= 11 is 1.56. The summed E-state index contributed by atoms with van der Waals surface area (Å²) < 4.78 is 5.41. The van der Waals surface area contributed by atoms with E-state index in [9.17, 15) is 4.79 Å². The van der Waals surface area contributed by atoms with Gasteiger partial charge in [-0.15, -0.1) is 11.3 Å². The Bertz CT molecular complexity index is 1340. The van der Waals surface area contributed by atoms with E-state index < -0.39 is 0 Å². The monoisotopic (exact) mass is 426 g/mol. The first-order valence-corrected chi connectivity index (χ1v) is 10.6. The standard InChI is InChI=1S/C24H18N4O2S/c29-24(26-20-12-5-9-16-7-1-3-10-18(16)20)25-19-11-4-2-8-17(19)15-22-27-23(28-30-22)21-13-6-14-31-21/h1-14H,15H2,(H2,25,26,29). The molecule has 0 aliphatic rings.